The molecule has 2 saturated heterocycles. The minimum absolute atomic E-state index is 0.0883. The van der Waals surface area contributed by atoms with Gasteiger partial charge in [0.2, 0.25) is 5.91 Å². The number of hydrogen-bond acceptors (Lipinski definition) is 4. The average Bonchev–Trinajstić information content (AvgIpc) is 2.66. The van der Waals surface area contributed by atoms with Gasteiger partial charge in [-0.05, 0) is 13.3 Å². The highest BCUT2D eigenvalue weighted by atomic mass is 16.5. The molecule has 0 aliphatic carbocycles. The predicted molar refractivity (Wildman–Crippen MR) is 59.2 cm³/mol. The number of hydrogen-bond donors (Lipinski definition) is 2. The third-order valence-electron chi connectivity index (χ3n) is 3.15. The third kappa shape index (κ3) is 3.17. The summed E-state index contributed by atoms with van der Waals surface area (Å²) in [7, 11) is 0. The van der Waals surface area contributed by atoms with Gasteiger partial charge in [0.1, 0.15) is 0 Å². The molecule has 2 heterocycles. The zero-order valence-corrected chi connectivity index (χ0v) is 9.70. The van der Waals surface area contributed by atoms with Crippen molar-refractivity contribution in [1.82, 2.24) is 10.6 Å². The summed E-state index contributed by atoms with van der Waals surface area (Å²) in [6.45, 7) is 4.95. The Balaban J connectivity index is 1.70. The first kappa shape index (κ1) is 11.8. The molecule has 0 aromatic heterocycles. The molecule has 2 rings (SSSR count). The fraction of sp³-hybridized carbons (Fsp3) is 0.909. The minimum atomic E-state index is 0.0883. The van der Waals surface area contributed by atoms with Crippen LogP contribution < -0.4 is 10.6 Å². The molecular formula is C11H20N2O3. The van der Waals surface area contributed by atoms with Crippen LogP contribution in [0.2, 0.25) is 0 Å². The first-order valence-corrected chi connectivity index (χ1v) is 5.98. The van der Waals surface area contributed by atoms with Gasteiger partial charge in [0.05, 0.1) is 25.4 Å². The average molecular weight is 228 g/mol. The van der Waals surface area contributed by atoms with Crippen LogP contribution in [0.15, 0.2) is 0 Å². The van der Waals surface area contributed by atoms with Gasteiger partial charge < -0.3 is 20.1 Å². The number of morpholine rings is 1. The first-order valence-electron chi connectivity index (χ1n) is 5.98. The van der Waals surface area contributed by atoms with Gasteiger partial charge in [-0.3, -0.25) is 4.79 Å². The van der Waals surface area contributed by atoms with Crippen molar-refractivity contribution in [2.24, 2.45) is 0 Å². The molecule has 0 aromatic carbocycles. The Kier molecular flexibility index (Phi) is 4.15. The van der Waals surface area contributed by atoms with Crippen molar-refractivity contribution in [3.05, 3.63) is 0 Å². The van der Waals surface area contributed by atoms with E-state index in [0.29, 0.717) is 13.0 Å². The summed E-state index contributed by atoms with van der Waals surface area (Å²) in [6.07, 6.45) is 1.55. The Hall–Kier alpha value is -0.650. The third-order valence-corrected chi connectivity index (χ3v) is 3.15. The summed E-state index contributed by atoms with van der Waals surface area (Å²) in [5, 5.41) is 6.29. The zero-order valence-electron chi connectivity index (χ0n) is 9.70. The summed E-state index contributed by atoms with van der Waals surface area (Å²) in [6, 6.07) is 0.336. The molecule has 0 radical (unpaired) electrons. The maximum Gasteiger partial charge on any atom is 0.221 e. The lowest BCUT2D eigenvalue weighted by atomic mass is 10.1. The quantitative estimate of drug-likeness (QED) is 0.694. The molecule has 1 amide bonds. The maximum absolute atomic E-state index is 11.8. The number of carbonyl (C=O) groups is 1. The van der Waals surface area contributed by atoms with E-state index < -0.39 is 0 Å². The molecule has 16 heavy (non-hydrogen) atoms. The number of rotatable bonds is 3. The first-order chi connectivity index (χ1) is 7.75. The molecule has 3 atom stereocenters. The Morgan fingerprint density at radius 1 is 1.50 bits per heavy atom. The largest absolute Gasteiger partial charge is 0.378 e. The molecule has 92 valence electrons. The van der Waals surface area contributed by atoms with E-state index in [1.54, 1.807) is 0 Å². The summed E-state index contributed by atoms with van der Waals surface area (Å²) in [5.74, 6) is 0.0883. The molecule has 2 N–H and O–H groups in total. The fourth-order valence-electron chi connectivity index (χ4n) is 2.16. The lowest BCUT2D eigenvalue weighted by molar-refractivity contribution is -0.123. The van der Waals surface area contributed by atoms with Gasteiger partial charge in [-0.25, -0.2) is 0 Å². The molecule has 5 nitrogen and oxygen atoms in total. The smallest absolute Gasteiger partial charge is 0.221 e. The van der Waals surface area contributed by atoms with Crippen LogP contribution in [0.4, 0.5) is 0 Å². The van der Waals surface area contributed by atoms with Crippen LogP contribution in [-0.2, 0) is 14.3 Å². The van der Waals surface area contributed by atoms with Crippen LogP contribution in [0.5, 0.6) is 0 Å². The monoisotopic (exact) mass is 228 g/mol. The van der Waals surface area contributed by atoms with E-state index in [-0.39, 0.29) is 24.1 Å². The van der Waals surface area contributed by atoms with E-state index in [4.69, 9.17) is 9.47 Å². The second-order valence-electron chi connectivity index (χ2n) is 4.47. The molecule has 2 aliphatic heterocycles. The number of amides is 1. The van der Waals surface area contributed by atoms with Crippen molar-refractivity contribution < 1.29 is 14.3 Å². The molecule has 5 heteroatoms. The highest BCUT2D eigenvalue weighted by Crippen LogP contribution is 2.12. The summed E-state index contributed by atoms with van der Waals surface area (Å²) < 4.78 is 10.7. The molecule has 3 unspecified atom stereocenters. The van der Waals surface area contributed by atoms with Crippen molar-refractivity contribution in [2.45, 2.75) is 38.0 Å². The predicted octanol–water partition coefficient (Wildman–Crippen LogP) is -0.341. The summed E-state index contributed by atoms with van der Waals surface area (Å²) in [4.78, 5) is 11.8. The summed E-state index contributed by atoms with van der Waals surface area (Å²) in [5.41, 5.74) is 0. The molecule has 0 saturated carbocycles. The van der Waals surface area contributed by atoms with Crippen LogP contribution in [0, 0.1) is 0 Å². The number of nitrogens with one attached hydrogen (secondary N) is 2. The molecule has 2 fully saturated rings. The van der Waals surface area contributed by atoms with Crippen molar-refractivity contribution >= 4 is 5.91 Å². The van der Waals surface area contributed by atoms with Gasteiger partial charge in [-0.15, -0.1) is 0 Å². The van der Waals surface area contributed by atoms with E-state index in [1.165, 1.54) is 0 Å². The Morgan fingerprint density at radius 2 is 2.38 bits per heavy atom. The van der Waals surface area contributed by atoms with Crippen molar-refractivity contribution in [3.63, 3.8) is 0 Å². The van der Waals surface area contributed by atoms with Crippen LogP contribution in [-0.4, -0.2) is 50.5 Å². The molecule has 0 spiro atoms. The Labute approximate surface area is 95.9 Å². The van der Waals surface area contributed by atoms with Crippen LogP contribution in [0.3, 0.4) is 0 Å². The molecule has 2 aliphatic rings. The molecular weight excluding hydrogens is 208 g/mol. The van der Waals surface area contributed by atoms with Crippen molar-refractivity contribution in [3.8, 4) is 0 Å². The lowest BCUT2D eigenvalue weighted by Gasteiger charge is -2.24. The van der Waals surface area contributed by atoms with Gasteiger partial charge in [0.25, 0.3) is 0 Å². The second kappa shape index (κ2) is 5.61. The van der Waals surface area contributed by atoms with Gasteiger partial charge in [-0.1, -0.05) is 0 Å². The zero-order chi connectivity index (χ0) is 11.4. The fourth-order valence-corrected chi connectivity index (χ4v) is 2.16. The Bertz CT molecular complexity index is 241. The summed E-state index contributed by atoms with van der Waals surface area (Å²) >= 11 is 0. The normalized spacial score (nSPS) is 34.9. The van der Waals surface area contributed by atoms with Gasteiger partial charge in [0, 0.05) is 25.6 Å². The molecule has 0 bridgehead atoms. The standard InChI is InChI=1S/C11H20N2O3/c1-8-10(2-4-16-8)13-11(14)6-9-7-15-5-3-12-9/h8-10,12H,2-7H2,1H3,(H,13,14). The van der Waals surface area contributed by atoms with E-state index in [1.807, 2.05) is 6.92 Å². The SMILES string of the molecule is CC1OCCC1NC(=O)CC1COCCN1. The van der Waals surface area contributed by atoms with Crippen LogP contribution >= 0.6 is 0 Å². The maximum atomic E-state index is 11.8. The van der Waals surface area contributed by atoms with Crippen LogP contribution in [0.1, 0.15) is 19.8 Å². The van der Waals surface area contributed by atoms with Gasteiger partial charge >= 0.3 is 0 Å². The van der Waals surface area contributed by atoms with Crippen molar-refractivity contribution in [1.29, 1.82) is 0 Å². The van der Waals surface area contributed by atoms with Gasteiger partial charge in [0.15, 0.2) is 0 Å². The second-order valence-corrected chi connectivity index (χ2v) is 4.47. The van der Waals surface area contributed by atoms with Crippen molar-refractivity contribution in [2.75, 3.05) is 26.4 Å². The molecule has 0 aromatic rings. The van der Waals surface area contributed by atoms with E-state index in [2.05, 4.69) is 10.6 Å². The topological polar surface area (TPSA) is 59.6 Å². The number of ether oxygens (including phenoxy) is 2. The highest BCUT2D eigenvalue weighted by molar-refractivity contribution is 5.77. The van der Waals surface area contributed by atoms with E-state index in [0.717, 1.165) is 26.2 Å². The number of carbonyl (C=O) groups excluding carboxylic acids is 1. The minimum Gasteiger partial charge on any atom is -0.378 e. The van der Waals surface area contributed by atoms with E-state index in [9.17, 15) is 4.79 Å². The highest BCUT2D eigenvalue weighted by Gasteiger charge is 2.26. The lowest BCUT2D eigenvalue weighted by Crippen LogP contribution is -2.46. The Morgan fingerprint density at radius 3 is 3.00 bits per heavy atom. The van der Waals surface area contributed by atoms with Crippen LogP contribution in [0.25, 0.3) is 0 Å². The van der Waals surface area contributed by atoms with E-state index >= 15 is 0 Å². The van der Waals surface area contributed by atoms with Gasteiger partial charge in [-0.2, -0.15) is 0 Å².